The highest BCUT2D eigenvalue weighted by Crippen LogP contribution is 2.27. The lowest BCUT2D eigenvalue weighted by Crippen LogP contribution is -2.26. The summed E-state index contributed by atoms with van der Waals surface area (Å²) >= 11 is 0. The first kappa shape index (κ1) is 15.1. The van der Waals surface area contributed by atoms with Gasteiger partial charge in [0.05, 0.1) is 0 Å². The highest BCUT2D eigenvalue weighted by Gasteiger charge is 2.24. The first-order valence-corrected chi connectivity index (χ1v) is 7.10. The fourth-order valence-electron chi connectivity index (χ4n) is 2.36. The molecular formula is C18H22N2O. The fourth-order valence-corrected chi connectivity index (χ4v) is 2.36. The summed E-state index contributed by atoms with van der Waals surface area (Å²) in [6.07, 6.45) is 0.422. The summed E-state index contributed by atoms with van der Waals surface area (Å²) in [4.78, 5) is 12.3. The minimum Gasteiger partial charge on any atom is -0.399 e. The number of carbonyl (C=O) groups is 1. The summed E-state index contributed by atoms with van der Waals surface area (Å²) < 4.78 is 0. The van der Waals surface area contributed by atoms with Gasteiger partial charge in [-0.2, -0.15) is 0 Å². The third-order valence-corrected chi connectivity index (χ3v) is 3.69. The van der Waals surface area contributed by atoms with Crippen molar-refractivity contribution in [3.8, 4) is 0 Å². The molecule has 0 aliphatic carbocycles. The normalized spacial score (nSPS) is 11.2. The van der Waals surface area contributed by atoms with Crippen molar-refractivity contribution < 1.29 is 4.79 Å². The van der Waals surface area contributed by atoms with Gasteiger partial charge in [-0.3, -0.25) is 4.79 Å². The van der Waals surface area contributed by atoms with Crippen LogP contribution in [0.1, 0.15) is 31.4 Å². The topological polar surface area (TPSA) is 55.1 Å². The van der Waals surface area contributed by atoms with E-state index in [1.54, 1.807) is 6.07 Å². The van der Waals surface area contributed by atoms with Crippen LogP contribution in [0.25, 0.3) is 0 Å². The van der Waals surface area contributed by atoms with E-state index in [1.807, 2.05) is 37.3 Å². The molecule has 0 saturated carbocycles. The quantitative estimate of drug-likeness (QED) is 0.836. The largest absolute Gasteiger partial charge is 0.399 e. The third kappa shape index (κ3) is 3.85. The zero-order valence-corrected chi connectivity index (χ0v) is 12.8. The Hall–Kier alpha value is -2.29. The molecule has 3 N–H and O–H groups in total. The number of nitrogens with one attached hydrogen (secondary N) is 1. The van der Waals surface area contributed by atoms with E-state index in [1.165, 1.54) is 0 Å². The Morgan fingerprint density at radius 2 is 1.81 bits per heavy atom. The van der Waals surface area contributed by atoms with Crippen LogP contribution in [0.4, 0.5) is 11.4 Å². The average Bonchev–Trinajstić information content (AvgIpc) is 2.43. The summed E-state index contributed by atoms with van der Waals surface area (Å²) in [5, 5.41) is 2.96. The molecule has 0 spiro atoms. The maximum Gasteiger partial charge on any atom is 0.225 e. The lowest BCUT2D eigenvalue weighted by Gasteiger charge is -2.24. The number of aryl methyl sites for hydroxylation is 1. The van der Waals surface area contributed by atoms with Crippen LogP contribution >= 0.6 is 0 Å². The molecule has 0 radical (unpaired) electrons. The number of carbonyl (C=O) groups excluding carboxylic acids is 1. The van der Waals surface area contributed by atoms with Gasteiger partial charge >= 0.3 is 0 Å². The highest BCUT2D eigenvalue weighted by atomic mass is 16.1. The standard InChI is InChI=1S/C18H22N2O/c1-13-9-10-15(19)11-16(13)20-17(21)12-18(2,3)14-7-5-4-6-8-14/h4-11H,12,19H2,1-3H3,(H,20,21). The molecule has 21 heavy (non-hydrogen) atoms. The minimum absolute atomic E-state index is 0.00227. The molecular weight excluding hydrogens is 260 g/mol. The number of hydrogen-bond donors (Lipinski definition) is 2. The van der Waals surface area contributed by atoms with Crippen molar-refractivity contribution in [1.29, 1.82) is 0 Å². The zero-order chi connectivity index (χ0) is 15.5. The van der Waals surface area contributed by atoms with Crippen LogP contribution in [-0.2, 0) is 10.2 Å². The Labute approximate surface area is 126 Å². The molecule has 3 nitrogen and oxygen atoms in total. The van der Waals surface area contributed by atoms with Gasteiger partial charge in [-0.1, -0.05) is 50.2 Å². The first-order chi connectivity index (χ1) is 9.88. The van der Waals surface area contributed by atoms with Crippen molar-refractivity contribution in [2.75, 3.05) is 11.1 Å². The zero-order valence-electron chi connectivity index (χ0n) is 12.8. The number of hydrogen-bond acceptors (Lipinski definition) is 2. The predicted octanol–water partition coefficient (Wildman–Crippen LogP) is 3.88. The third-order valence-electron chi connectivity index (χ3n) is 3.69. The van der Waals surface area contributed by atoms with E-state index < -0.39 is 0 Å². The van der Waals surface area contributed by atoms with Gasteiger partial charge in [0.2, 0.25) is 5.91 Å². The Balaban J connectivity index is 2.09. The van der Waals surface area contributed by atoms with E-state index in [4.69, 9.17) is 5.73 Å². The van der Waals surface area contributed by atoms with Crippen molar-refractivity contribution in [2.24, 2.45) is 0 Å². The van der Waals surface area contributed by atoms with Crippen molar-refractivity contribution in [2.45, 2.75) is 32.6 Å². The molecule has 2 rings (SSSR count). The molecule has 0 aromatic heterocycles. The summed E-state index contributed by atoms with van der Waals surface area (Å²) in [6, 6.07) is 15.6. The maximum atomic E-state index is 12.3. The molecule has 1 amide bonds. The van der Waals surface area contributed by atoms with Gasteiger partial charge in [0.1, 0.15) is 0 Å². The van der Waals surface area contributed by atoms with Crippen LogP contribution in [0.5, 0.6) is 0 Å². The number of amides is 1. The van der Waals surface area contributed by atoms with Gasteiger partial charge in [-0.15, -0.1) is 0 Å². The first-order valence-electron chi connectivity index (χ1n) is 7.10. The second-order valence-corrected chi connectivity index (χ2v) is 6.05. The molecule has 2 aromatic rings. The van der Waals surface area contributed by atoms with Crippen molar-refractivity contribution in [3.63, 3.8) is 0 Å². The molecule has 0 fully saturated rings. The number of anilines is 2. The minimum atomic E-state index is -0.209. The van der Waals surface area contributed by atoms with Gasteiger partial charge in [0, 0.05) is 17.8 Å². The second-order valence-electron chi connectivity index (χ2n) is 6.05. The predicted molar refractivity (Wildman–Crippen MR) is 88.3 cm³/mol. The van der Waals surface area contributed by atoms with Crippen molar-refractivity contribution >= 4 is 17.3 Å². The molecule has 0 unspecified atom stereocenters. The van der Waals surface area contributed by atoms with Crippen LogP contribution in [0, 0.1) is 6.92 Å². The van der Waals surface area contributed by atoms with Gasteiger partial charge in [-0.05, 0) is 35.6 Å². The van der Waals surface area contributed by atoms with E-state index in [2.05, 4.69) is 31.3 Å². The lowest BCUT2D eigenvalue weighted by atomic mass is 9.81. The Morgan fingerprint density at radius 1 is 1.14 bits per heavy atom. The molecule has 0 bridgehead atoms. The van der Waals surface area contributed by atoms with Crippen LogP contribution in [-0.4, -0.2) is 5.91 Å². The average molecular weight is 282 g/mol. The van der Waals surface area contributed by atoms with Gasteiger partial charge in [0.25, 0.3) is 0 Å². The molecule has 3 heteroatoms. The SMILES string of the molecule is Cc1ccc(N)cc1NC(=O)CC(C)(C)c1ccccc1. The Morgan fingerprint density at radius 3 is 2.48 bits per heavy atom. The molecule has 0 aliphatic rings. The van der Waals surface area contributed by atoms with Crippen molar-refractivity contribution in [1.82, 2.24) is 0 Å². The van der Waals surface area contributed by atoms with Gasteiger partial charge in [0.15, 0.2) is 0 Å². The fraction of sp³-hybridized carbons (Fsp3) is 0.278. The maximum absolute atomic E-state index is 12.3. The van der Waals surface area contributed by atoms with E-state index in [-0.39, 0.29) is 11.3 Å². The van der Waals surface area contributed by atoms with Gasteiger partial charge < -0.3 is 11.1 Å². The monoisotopic (exact) mass is 282 g/mol. The van der Waals surface area contributed by atoms with E-state index >= 15 is 0 Å². The Bertz CT molecular complexity index is 633. The van der Waals surface area contributed by atoms with Crippen LogP contribution in [0.2, 0.25) is 0 Å². The van der Waals surface area contributed by atoms with E-state index in [0.29, 0.717) is 12.1 Å². The summed E-state index contributed by atoms with van der Waals surface area (Å²) in [6.45, 7) is 6.11. The molecule has 0 heterocycles. The molecule has 0 saturated heterocycles. The lowest BCUT2D eigenvalue weighted by molar-refractivity contribution is -0.117. The molecule has 2 aromatic carbocycles. The van der Waals surface area contributed by atoms with Crippen LogP contribution < -0.4 is 11.1 Å². The molecule has 0 atom stereocenters. The smallest absolute Gasteiger partial charge is 0.225 e. The van der Waals surface area contributed by atoms with Crippen LogP contribution in [0.15, 0.2) is 48.5 Å². The number of benzene rings is 2. The highest BCUT2D eigenvalue weighted by molar-refractivity contribution is 5.92. The van der Waals surface area contributed by atoms with Crippen molar-refractivity contribution in [3.05, 3.63) is 59.7 Å². The molecule has 110 valence electrons. The van der Waals surface area contributed by atoms with E-state index in [0.717, 1.165) is 16.8 Å². The second kappa shape index (κ2) is 6.00. The number of rotatable bonds is 4. The summed E-state index contributed by atoms with van der Waals surface area (Å²) in [5.74, 6) is -0.00227. The molecule has 0 aliphatic heterocycles. The van der Waals surface area contributed by atoms with E-state index in [9.17, 15) is 4.79 Å². The summed E-state index contributed by atoms with van der Waals surface area (Å²) in [7, 11) is 0. The Kier molecular flexibility index (Phi) is 4.32. The number of nitrogen functional groups attached to an aromatic ring is 1. The van der Waals surface area contributed by atoms with Crippen LogP contribution in [0.3, 0.4) is 0 Å². The summed E-state index contributed by atoms with van der Waals surface area (Å²) in [5.41, 5.74) is 9.16. The number of nitrogens with two attached hydrogens (primary N) is 1. The van der Waals surface area contributed by atoms with Gasteiger partial charge in [-0.25, -0.2) is 0 Å².